The highest BCUT2D eigenvalue weighted by Crippen LogP contribution is 2.20. The molecule has 0 aliphatic carbocycles. The van der Waals surface area contributed by atoms with E-state index in [-0.39, 0.29) is 43.6 Å². The number of hydrogen-bond donors (Lipinski definition) is 4. The Morgan fingerprint density at radius 2 is 1.77 bits per heavy atom. The number of benzene rings is 2. The first-order chi connectivity index (χ1) is 21.0. The molecule has 1 atom stereocenters. The van der Waals surface area contributed by atoms with Crippen LogP contribution in [0.1, 0.15) is 58.1 Å². The van der Waals surface area contributed by atoms with Gasteiger partial charge in [-0.3, -0.25) is 14.2 Å². The van der Waals surface area contributed by atoms with Gasteiger partial charge in [0.15, 0.2) is 11.5 Å². The molecule has 0 fully saturated rings. The molecule has 0 spiro atoms. The number of rotatable bonds is 14. The summed E-state index contributed by atoms with van der Waals surface area (Å²) in [5, 5.41) is 6.02. The third-order valence-corrected chi connectivity index (χ3v) is 6.77. The van der Waals surface area contributed by atoms with Crippen molar-refractivity contribution in [3.05, 3.63) is 76.2 Å². The van der Waals surface area contributed by atoms with E-state index < -0.39 is 17.5 Å². The number of aromatic nitrogens is 4. The van der Waals surface area contributed by atoms with Crippen LogP contribution in [0.25, 0.3) is 11.2 Å². The van der Waals surface area contributed by atoms with Crippen LogP contribution in [0.2, 0.25) is 0 Å². The number of imidazole rings is 1. The van der Waals surface area contributed by atoms with Gasteiger partial charge in [-0.05, 0) is 50.5 Å². The molecular weight excluding hydrogens is 562 g/mol. The molecule has 0 saturated heterocycles. The number of H-pyrrole nitrogens is 1. The average molecular weight is 604 g/mol. The van der Waals surface area contributed by atoms with Crippen LogP contribution in [0.3, 0.4) is 0 Å². The number of nitrogens with two attached hydrogens (primary N) is 1. The first-order valence-corrected chi connectivity index (χ1v) is 14.8. The van der Waals surface area contributed by atoms with E-state index in [1.807, 2.05) is 51.1 Å². The van der Waals surface area contributed by atoms with Crippen LogP contribution in [0.15, 0.2) is 59.4 Å². The molecule has 234 valence electrons. The molecular formula is C32H41N7O5. The van der Waals surface area contributed by atoms with Crippen molar-refractivity contribution in [2.45, 2.75) is 65.7 Å². The van der Waals surface area contributed by atoms with Crippen LogP contribution in [0.4, 0.5) is 17.5 Å². The highest BCUT2D eigenvalue weighted by atomic mass is 16.5. The van der Waals surface area contributed by atoms with E-state index in [1.54, 1.807) is 24.3 Å². The molecule has 4 rings (SSSR count). The van der Waals surface area contributed by atoms with Crippen LogP contribution < -0.4 is 22.1 Å². The Labute approximate surface area is 256 Å². The lowest BCUT2D eigenvalue weighted by atomic mass is 10.0. The average Bonchev–Trinajstić information content (AvgIpc) is 3.30. The van der Waals surface area contributed by atoms with Crippen LogP contribution in [-0.4, -0.2) is 50.1 Å². The summed E-state index contributed by atoms with van der Waals surface area (Å²) in [7, 11) is 0. The Morgan fingerprint density at radius 1 is 1.05 bits per heavy atom. The fourth-order valence-electron chi connectivity index (χ4n) is 4.35. The van der Waals surface area contributed by atoms with Crippen molar-refractivity contribution in [3.8, 4) is 0 Å². The number of ether oxygens (including phenoxy) is 2. The molecule has 0 saturated carbocycles. The van der Waals surface area contributed by atoms with Gasteiger partial charge in [-0.1, -0.05) is 55.8 Å². The molecule has 0 unspecified atom stereocenters. The topological polar surface area (TPSA) is 166 Å². The molecule has 2 heterocycles. The Kier molecular flexibility index (Phi) is 10.7. The minimum Gasteiger partial charge on any atom is -0.461 e. The lowest BCUT2D eigenvalue weighted by Crippen LogP contribution is -2.33. The highest BCUT2D eigenvalue weighted by Gasteiger charge is 2.26. The summed E-state index contributed by atoms with van der Waals surface area (Å²) in [4.78, 5) is 50.1. The monoisotopic (exact) mass is 603 g/mol. The van der Waals surface area contributed by atoms with Crippen molar-refractivity contribution in [3.63, 3.8) is 0 Å². The van der Waals surface area contributed by atoms with Crippen LogP contribution >= 0.6 is 0 Å². The fourth-order valence-corrected chi connectivity index (χ4v) is 4.35. The summed E-state index contributed by atoms with van der Waals surface area (Å²) in [5.41, 5.74) is 8.24. The molecule has 5 N–H and O–H groups in total. The number of esters is 1. The van der Waals surface area contributed by atoms with Crippen molar-refractivity contribution in [1.82, 2.24) is 19.5 Å². The van der Waals surface area contributed by atoms with E-state index in [0.29, 0.717) is 29.3 Å². The van der Waals surface area contributed by atoms with E-state index in [0.717, 1.165) is 24.0 Å². The number of hydrogen-bond acceptors (Lipinski definition) is 9. The van der Waals surface area contributed by atoms with Gasteiger partial charge in [-0.25, -0.2) is 4.79 Å². The summed E-state index contributed by atoms with van der Waals surface area (Å²) in [6, 6.07) is 16.4. The van der Waals surface area contributed by atoms with Crippen LogP contribution in [0.5, 0.6) is 0 Å². The predicted molar refractivity (Wildman–Crippen MR) is 170 cm³/mol. The summed E-state index contributed by atoms with van der Waals surface area (Å²) in [6.45, 7) is 8.86. The Hall–Kier alpha value is -4.71. The standard InChI is InChI=1S/C32H41N7O5/c1-5-6-16-34-30-37-27(33)26-28(38-30)39(31(42)36-26)18-21-12-14-24(15-13-21)35-29(41)23(20-44-32(2,3)4)17-25(40)43-19-22-10-8-7-9-11-22/h7-15,23H,5-6,16-20H2,1-4H3,(H,35,41)(H,36,42)(H3,33,34,37,38)/t23-/m0/s1. The molecule has 1 amide bonds. The van der Waals surface area contributed by atoms with Gasteiger partial charge in [0.2, 0.25) is 11.9 Å². The Bertz CT molecular complexity index is 1610. The van der Waals surface area contributed by atoms with Gasteiger partial charge in [-0.15, -0.1) is 0 Å². The summed E-state index contributed by atoms with van der Waals surface area (Å²) in [5.74, 6) is -1.05. The number of anilines is 3. The lowest BCUT2D eigenvalue weighted by molar-refractivity contribution is -0.149. The van der Waals surface area contributed by atoms with Crippen molar-refractivity contribution in [1.29, 1.82) is 0 Å². The third-order valence-electron chi connectivity index (χ3n) is 6.77. The smallest absolute Gasteiger partial charge is 0.328 e. The Balaban J connectivity index is 1.42. The van der Waals surface area contributed by atoms with Gasteiger partial charge in [0.25, 0.3) is 0 Å². The molecule has 4 aromatic rings. The Morgan fingerprint density at radius 3 is 2.45 bits per heavy atom. The second-order valence-electron chi connectivity index (χ2n) is 11.6. The molecule has 12 nitrogen and oxygen atoms in total. The SMILES string of the molecule is CCCCNc1nc(N)c2[nH]c(=O)n(Cc3ccc(NC(=O)[C@H](COC(C)(C)C)CC(=O)OCc4ccccc4)cc3)c2n1. The van der Waals surface area contributed by atoms with E-state index in [1.165, 1.54) is 4.57 Å². The number of aromatic amines is 1. The number of carbonyl (C=O) groups excluding carboxylic acids is 2. The predicted octanol–water partition coefficient (Wildman–Crippen LogP) is 4.47. The number of nitrogens with one attached hydrogen (secondary N) is 3. The van der Waals surface area contributed by atoms with Crippen molar-refractivity contribution in [2.24, 2.45) is 5.92 Å². The van der Waals surface area contributed by atoms with Crippen LogP contribution in [-0.2, 0) is 32.2 Å². The summed E-state index contributed by atoms with van der Waals surface area (Å²) < 4.78 is 12.8. The molecule has 12 heteroatoms. The zero-order chi connectivity index (χ0) is 31.7. The molecule has 44 heavy (non-hydrogen) atoms. The number of unbranched alkanes of at least 4 members (excludes halogenated alkanes) is 1. The van der Waals surface area contributed by atoms with Crippen molar-refractivity contribution < 1.29 is 19.1 Å². The van der Waals surface area contributed by atoms with E-state index in [9.17, 15) is 14.4 Å². The number of amides is 1. The zero-order valence-electron chi connectivity index (χ0n) is 25.7. The summed E-state index contributed by atoms with van der Waals surface area (Å²) in [6.07, 6.45) is 1.84. The number of carbonyl (C=O) groups is 2. The van der Waals surface area contributed by atoms with Gasteiger partial charge >= 0.3 is 11.7 Å². The fraction of sp³-hybridized carbons (Fsp3) is 0.406. The second-order valence-corrected chi connectivity index (χ2v) is 11.6. The quantitative estimate of drug-likeness (QED) is 0.120. The number of nitrogen functional groups attached to an aromatic ring is 1. The molecule has 0 bridgehead atoms. The maximum atomic E-state index is 13.2. The zero-order valence-corrected chi connectivity index (χ0v) is 25.7. The number of fused-ring (bicyclic) bond motifs is 1. The molecule has 0 aliphatic heterocycles. The summed E-state index contributed by atoms with van der Waals surface area (Å²) >= 11 is 0. The van der Waals surface area contributed by atoms with Gasteiger partial charge < -0.3 is 30.8 Å². The minimum atomic E-state index is -0.757. The first kappa shape index (κ1) is 32.2. The van der Waals surface area contributed by atoms with Gasteiger partial charge in [0.1, 0.15) is 12.1 Å². The highest BCUT2D eigenvalue weighted by molar-refractivity contribution is 5.94. The maximum absolute atomic E-state index is 13.2. The maximum Gasteiger partial charge on any atom is 0.328 e. The lowest BCUT2D eigenvalue weighted by Gasteiger charge is -2.24. The van der Waals surface area contributed by atoms with Crippen LogP contribution in [0, 0.1) is 5.92 Å². The third kappa shape index (κ3) is 9.14. The molecule has 0 radical (unpaired) electrons. The van der Waals surface area contributed by atoms with Crippen molar-refractivity contribution in [2.75, 3.05) is 29.5 Å². The van der Waals surface area contributed by atoms with E-state index in [4.69, 9.17) is 15.2 Å². The van der Waals surface area contributed by atoms with Crippen molar-refractivity contribution >= 4 is 40.5 Å². The van der Waals surface area contributed by atoms with Gasteiger partial charge in [0.05, 0.1) is 31.1 Å². The number of nitrogens with zero attached hydrogens (tertiary/aromatic N) is 3. The molecule has 2 aromatic carbocycles. The molecule has 0 aliphatic rings. The largest absolute Gasteiger partial charge is 0.461 e. The van der Waals surface area contributed by atoms with E-state index in [2.05, 4.69) is 32.5 Å². The van der Waals surface area contributed by atoms with Gasteiger partial charge in [0, 0.05) is 12.2 Å². The minimum absolute atomic E-state index is 0.0532. The van der Waals surface area contributed by atoms with Gasteiger partial charge in [-0.2, -0.15) is 9.97 Å². The first-order valence-electron chi connectivity index (χ1n) is 14.8. The molecule has 2 aromatic heterocycles. The second kappa shape index (κ2) is 14.6. The van der Waals surface area contributed by atoms with E-state index >= 15 is 0 Å². The normalized spacial score (nSPS) is 12.2.